The van der Waals surface area contributed by atoms with Crippen molar-refractivity contribution in [3.8, 4) is 0 Å². The Balaban J connectivity index is 1.88. The van der Waals surface area contributed by atoms with Gasteiger partial charge in [-0.3, -0.25) is 4.79 Å². The molecule has 2 nitrogen and oxygen atoms in total. The van der Waals surface area contributed by atoms with Gasteiger partial charge in [-0.05, 0) is 18.8 Å². The van der Waals surface area contributed by atoms with E-state index in [1.807, 2.05) is 0 Å². The third kappa shape index (κ3) is 1.26. The standard InChI is InChI=1S/C9H14O2/c10-9-8(6-11-9)7-4-2-1-3-5-7/h7-8H,1-6H2. The second-order valence-electron chi connectivity index (χ2n) is 3.63. The first-order valence-corrected chi connectivity index (χ1v) is 4.54. The Morgan fingerprint density at radius 2 is 1.91 bits per heavy atom. The van der Waals surface area contributed by atoms with E-state index < -0.39 is 0 Å². The van der Waals surface area contributed by atoms with Crippen molar-refractivity contribution in [2.24, 2.45) is 11.8 Å². The molecule has 0 radical (unpaired) electrons. The predicted molar refractivity (Wildman–Crippen MR) is 41.0 cm³/mol. The maximum atomic E-state index is 10.9. The van der Waals surface area contributed by atoms with E-state index in [1.54, 1.807) is 0 Å². The van der Waals surface area contributed by atoms with E-state index in [0.717, 1.165) is 0 Å². The topological polar surface area (TPSA) is 26.3 Å². The second-order valence-corrected chi connectivity index (χ2v) is 3.63. The summed E-state index contributed by atoms with van der Waals surface area (Å²) in [6, 6.07) is 0. The molecule has 2 fully saturated rings. The van der Waals surface area contributed by atoms with Crippen LogP contribution in [0.3, 0.4) is 0 Å². The van der Waals surface area contributed by atoms with Gasteiger partial charge in [0, 0.05) is 0 Å². The van der Waals surface area contributed by atoms with Crippen molar-refractivity contribution in [2.75, 3.05) is 6.61 Å². The number of hydrogen-bond donors (Lipinski definition) is 0. The molecular weight excluding hydrogens is 140 g/mol. The lowest BCUT2D eigenvalue weighted by Gasteiger charge is -2.34. The Hall–Kier alpha value is -0.530. The van der Waals surface area contributed by atoms with Crippen LogP contribution in [0.15, 0.2) is 0 Å². The van der Waals surface area contributed by atoms with Crippen molar-refractivity contribution in [3.63, 3.8) is 0 Å². The summed E-state index contributed by atoms with van der Waals surface area (Å²) in [6.45, 7) is 0.698. The number of ether oxygens (including phenoxy) is 1. The molecule has 0 aromatic rings. The van der Waals surface area contributed by atoms with Gasteiger partial charge in [0.25, 0.3) is 0 Å². The highest BCUT2D eigenvalue weighted by Gasteiger charge is 2.37. The van der Waals surface area contributed by atoms with Crippen molar-refractivity contribution in [1.29, 1.82) is 0 Å². The minimum atomic E-state index is 0.0527. The molecule has 11 heavy (non-hydrogen) atoms. The molecule has 1 saturated carbocycles. The Morgan fingerprint density at radius 3 is 2.36 bits per heavy atom. The SMILES string of the molecule is O=C1OCC1C1CCCCC1. The maximum Gasteiger partial charge on any atom is 0.312 e. The number of esters is 1. The van der Waals surface area contributed by atoms with Crippen molar-refractivity contribution in [1.82, 2.24) is 0 Å². The summed E-state index contributed by atoms with van der Waals surface area (Å²) in [4.78, 5) is 10.9. The average molecular weight is 154 g/mol. The predicted octanol–water partition coefficient (Wildman–Crippen LogP) is 1.74. The Labute approximate surface area is 66.9 Å². The van der Waals surface area contributed by atoms with Crippen LogP contribution in [0.2, 0.25) is 0 Å². The van der Waals surface area contributed by atoms with Crippen LogP contribution < -0.4 is 0 Å². The van der Waals surface area contributed by atoms with Gasteiger partial charge in [-0.2, -0.15) is 0 Å². The molecule has 2 heteroatoms. The van der Waals surface area contributed by atoms with Crippen molar-refractivity contribution < 1.29 is 9.53 Å². The highest BCUT2D eigenvalue weighted by Crippen LogP contribution is 2.34. The molecule has 0 bridgehead atoms. The smallest absolute Gasteiger partial charge is 0.312 e. The van der Waals surface area contributed by atoms with Crippen LogP contribution in [0.4, 0.5) is 0 Å². The van der Waals surface area contributed by atoms with Gasteiger partial charge in [-0.25, -0.2) is 0 Å². The molecule has 0 aromatic heterocycles. The van der Waals surface area contributed by atoms with Crippen LogP contribution in [0.5, 0.6) is 0 Å². The molecule has 0 N–H and O–H groups in total. The molecule has 1 aliphatic heterocycles. The highest BCUT2D eigenvalue weighted by atomic mass is 16.6. The first-order valence-electron chi connectivity index (χ1n) is 4.54. The Bertz CT molecular complexity index is 159. The van der Waals surface area contributed by atoms with Crippen molar-refractivity contribution in [2.45, 2.75) is 32.1 Å². The van der Waals surface area contributed by atoms with Gasteiger partial charge in [-0.1, -0.05) is 19.3 Å². The van der Waals surface area contributed by atoms with Gasteiger partial charge >= 0.3 is 5.97 Å². The average Bonchev–Trinajstić information content (AvgIpc) is 2.04. The van der Waals surface area contributed by atoms with Gasteiger partial charge in [0.1, 0.15) is 6.61 Å². The van der Waals surface area contributed by atoms with E-state index in [4.69, 9.17) is 4.74 Å². The fraction of sp³-hybridized carbons (Fsp3) is 0.889. The zero-order valence-corrected chi connectivity index (χ0v) is 6.71. The first kappa shape index (κ1) is 7.14. The van der Waals surface area contributed by atoms with Crippen molar-refractivity contribution >= 4 is 5.97 Å². The zero-order chi connectivity index (χ0) is 7.68. The lowest BCUT2D eigenvalue weighted by Crippen LogP contribution is -2.40. The van der Waals surface area contributed by atoms with E-state index in [-0.39, 0.29) is 11.9 Å². The van der Waals surface area contributed by atoms with Crippen LogP contribution in [0.1, 0.15) is 32.1 Å². The molecule has 0 amide bonds. The third-order valence-corrected chi connectivity index (χ3v) is 2.93. The maximum absolute atomic E-state index is 10.9. The molecule has 62 valence electrons. The van der Waals surface area contributed by atoms with Gasteiger partial charge in [0.05, 0.1) is 5.92 Å². The Morgan fingerprint density at radius 1 is 1.18 bits per heavy atom. The van der Waals surface area contributed by atoms with Gasteiger partial charge in [-0.15, -0.1) is 0 Å². The first-order chi connectivity index (χ1) is 5.38. The van der Waals surface area contributed by atoms with Gasteiger partial charge in [0.2, 0.25) is 0 Å². The lowest BCUT2D eigenvalue weighted by atomic mass is 9.79. The van der Waals surface area contributed by atoms with Crippen molar-refractivity contribution in [3.05, 3.63) is 0 Å². The molecule has 1 saturated heterocycles. The van der Waals surface area contributed by atoms with E-state index in [9.17, 15) is 4.79 Å². The van der Waals surface area contributed by atoms with Crippen LogP contribution in [0, 0.1) is 11.8 Å². The van der Waals surface area contributed by atoms with Crippen LogP contribution in [-0.2, 0) is 9.53 Å². The largest absolute Gasteiger partial charge is 0.464 e. The number of cyclic esters (lactones) is 1. The Kier molecular flexibility index (Phi) is 1.84. The molecule has 1 atom stereocenters. The minimum Gasteiger partial charge on any atom is -0.464 e. The molecule has 0 aromatic carbocycles. The van der Waals surface area contributed by atoms with Gasteiger partial charge < -0.3 is 4.74 Å². The van der Waals surface area contributed by atoms with E-state index in [0.29, 0.717) is 12.5 Å². The molecular formula is C9H14O2. The van der Waals surface area contributed by atoms with Crippen LogP contribution in [0.25, 0.3) is 0 Å². The molecule has 2 rings (SSSR count). The summed E-state index contributed by atoms with van der Waals surface area (Å²) in [5.41, 5.74) is 0. The number of carbonyl (C=O) groups is 1. The number of hydrogen-bond acceptors (Lipinski definition) is 2. The summed E-state index contributed by atoms with van der Waals surface area (Å²) in [6.07, 6.45) is 6.49. The molecule has 0 spiro atoms. The molecule has 1 aliphatic carbocycles. The number of carbonyl (C=O) groups excluding carboxylic acids is 1. The fourth-order valence-electron chi connectivity index (χ4n) is 2.11. The lowest BCUT2D eigenvalue weighted by molar-refractivity contribution is -0.173. The molecule has 1 unspecified atom stereocenters. The fourth-order valence-corrected chi connectivity index (χ4v) is 2.11. The van der Waals surface area contributed by atoms with Crippen LogP contribution >= 0.6 is 0 Å². The molecule has 1 heterocycles. The van der Waals surface area contributed by atoms with Crippen LogP contribution in [-0.4, -0.2) is 12.6 Å². The summed E-state index contributed by atoms with van der Waals surface area (Å²) in [7, 11) is 0. The quantitative estimate of drug-likeness (QED) is 0.538. The third-order valence-electron chi connectivity index (χ3n) is 2.93. The van der Waals surface area contributed by atoms with E-state index in [1.165, 1.54) is 32.1 Å². The summed E-state index contributed by atoms with van der Waals surface area (Å²) >= 11 is 0. The number of rotatable bonds is 1. The van der Waals surface area contributed by atoms with E-state index >= 15 is 0 Å². The summed E-state index contributed by atoms with van der Waals surface area (Å²) in [5, 5.41) is 0. The summed E-state index contributed by atoms with van der Waals surface area (Å²) < 4.78 is 4.76. The monoisotopic (exact) mass is 154 g/mol. The zero-order valence-electron chi connectivity index (χ0n) is 6.71. The summed E-state index contributed by atoms with van der Waals surface area (Å²) in [5.74, 6) is 0.984. The normalized spacial score (nSPS) is 32.7. The van der Waals surface area contributed by atoms with E-state index in [2.05, 4.69) is 0 Å². The van der Waals surface area contributed by atoms with Gasteiger partial charge in [0.15, 0.2) is 0 Å². The highest BCUT2D eigenvalue weighted by molar-refractivity contribution is 5.77. The molecule has 2 aliphatic rings. The minimum absolute atomic E-state index is 0.0527. The second kappa shape index (κ2) is 2.84.